The quantitative estimate of drug-likeness (QED) is 0.426. The Balaban J connectivity index is 2.54. The molecule has 0 aromatic rings. The van der Waals surface area contributed by atoms with Crippen LogP contribution < -0.4 is 0 Å². The second-order valence-electron chi connectivity index (χ2n) is 8.16. The van der Waals surface area contributed by atoms with E-state index in [1.807, 2.05) is 0 Å². The molecule has 1 aliphatic heterocycles. The van der Waals surface area contributed by atoms with Gasteiger partial charge < -0.3 is 19.3 Å². The Labute approximate surface area is 169 Å². The van der Waals surface area contributed by atoms with Crippen molar-refractivity contribution in [2.75, 3.05) is 0 Å². The van der Waals surface area contributed by atoms with Crippen LogP contribution in [-0.2, 0) is 33.4 Å². The minimum atomic E-state index is -1.67. The Morgan fingerprint density at radius 3 is 2.45 bits per heavy atom. The fraction of sp³-hybridized carbons (Fsp3) is 0.619. The van der Waals surface area contributed by atoms with Gasteiger partial charge in [0.25, 0.3) is 0 Å². The molecule has 0 bridgehead atoms. The number of aliphatic hydroxyl groups is 1. The van der Waals surface area contributed by atoms with E-state index >= 15 is 0 Å². The number of Topliss-reactive ketones (excluding diaryl/α,β-unsaturated/α-hetero) is 1. The minimum Gasteiger partial charge on any atom is -0.458 e. The number of aliphatic hydroxyl groups excluding tert-OH is 1. The van der Waals surface area contributed by atoms with Crippen molar-refractivity contribution < 1.29 is 38.5 Å². The molecule has 0 radical (unpaired) electrons. The van der Waals surface area contributed by atoms with Crippen LogP contribution in [0.4, 0.5) is 0 Å². The first-order valence-corrected chi connectivity index (χ1v) is 9.53. The highest BCUT2D eigenvalue weighted by Crippen LogP contribution is 2.40. The van der Waals surface area contributed by atoms with Crippen molar-refractivity contribution in [3.8, 4) is 0 Å². The third-order valence-electron chi connectivity index (χ3n) is 5.54. The van der Waals surface area contributed by atoms with E-state index in [4.69, 9.17) is 14.2 Å². The maximum atomic E-state index is 12.9. The van der Waals surface area contributed by atoms with Gasteiger partial charge in [-0.05, 0) is 26.2 Å². The molecule has 1 saturated carbocycles. The van der Waals surface area contributed by atoms with Crippen LogP contribution in [0.5, 0.6) is 0 Å². The highest BCUT2D eigenvalue weighted by molar-refractivity contribution is 5.92. The van der Waals surface area contributed by atoms with Crippen LogP contribution in [-0.4, -0.2) is 52.7 Å². The van der Waals surface area contributed by atoms with Crippen LogP contribution in [0.2, 0.25) is 0 Å². The molecule has 0 amide bonds. The smallest absolute Gasteiger partial charge is 0.334 e. The van der Waals surface area contributed by atoms with E-state index in [-0.39, 0.29) is 30.4 Å². The average molecular weight is 408 g/mol. The monoisotopic (exact) mass is 408 g/mol. The molecule has 2 rings (SSSR count). The minimum absolute atomic E-state index is 0.106. The first-order chi connectivity index (χ1) is 13.4. The number of hydrogen-bond donors (Lipinski definition) is 1. The number of carbonyl (C=O) groups excluding carboxylic acids is 4. The molecule has 6 atom stereocenters. The molecular weight excluding hydrogens is 380 g/mol. The molecule has 0 aromatic carbocycles. The van der Waals surface area contributed by atoms with Crippen LogP contribution in [0, 0.1) is 11.8 Å². The van der Waals surface area contributed by atoms with Gasteiger partial charge in [-0.15, -0.1) is 0 Å². The van der Waals surface area contributed by atoms with Crippen molar-refractivity contribution in [2.45, 2.75) is 70.9 Å². The summed E-state index contributed by atoms with van der Waals surface area (Å²) in [7, 11) is 0. The highest BCUT2D eigenvalue weighted by Gasteiger charge is 2.51. The van der Waals surface area contributed by atoms with E-state index < -0.39 is 59.4 Å². The van der Waals surface area contributed by atoms with E-state index in [0.717, 1.165) is 6.92 Å². The van der Waals surface area contributed by atoms with Crippen molar-refractivity contribution in [1.82, 2.24) is 0 Å². The van der Waals surface area contributed by atoms with Gasteiger partial charge in [0.2, 0.25) is 0 Å². The van der Waals surface area contributed by atoms with E-state index in [0.29, 0.717) is 0 Å². The molecule has 160 valence electrons. The fourth-order valence-electron chi connectivity index (χ4n) is 3.83. The Kier molecular flexibility index (Phi) is 6.67. The number of esters is 3. The van der Waals surface area contributed by atoms with Crippen molar-refractivity contribution in [3.05, 3.63) is 24.3 Å². The first-order valence-electron chi connectivity index (χ1n) is 9.53. The largest absolute Gasteiger partial charge is 0.458 e. The van der Waals surface area contributed by atoms with Crippen molar-refractivity contribution in [1.29, 1.82) is 0 Å². The zero-order valence-electron chi connectivity index (χ0n) is 17.2. The Bertz CT molecular complexity index is 754. The van der Waals surface area contributed by atoms with Gasteiger partial charge in [-0.1, -0.05) is 20.1 Å². The Hall–Kier alpha value is -2.48. The van der Waals surface area contributed by atoms with Crippen molar-refractivity contribution in [2.24, 2.45) is 11.8 Å². The summed E-state index contributed by atoms with van der Waals surface area (Å²) in [5.74, 6) is -3.68. The van der Waals surface area contributed by atoms with E-state index in [9.17, 15) is 24.3 Å². The van der Waals surface area contributed by atoms with Gasteiger partial charge in [0.1, 0.15) is 12.2 Å². The maximum Gasteiger partial charge on any atom is 0.334 e. The lowest BCUT2D eigenvalue weighted by molar-refractivity contribution is -0.174. The van der Waals surface area contributed by atoms with Gasteiger partial charge in [0, 0.05) is 30.9 Å². The number of fused-ring (bicyclic) bond motifs is 1. The second-order valence-corrected chi connectivity index (χ2v) is 8.16. The Morgan fingerprint density at radius 2 is 1.90 bits per heavy atom. The molecule has 1 saturated heterocycles. The summed E-state index contributed by atoms with van der Waals surface area (Å²) in [6, 6.07) is 0. The molecule has 2 aliphatic rings. The molecule has 8 heteroatoms. The zero-order chi connectivity index (χ0) is 22.1. The lowest BCUT2D eigenvalue weighted by atomic mass is 9.76. The molecular formula is C21H28O8. The summed E-state index contributed by atoms with van der Waals surface area (Å²) in [6.07, 6.45) is -2.92. The van der Waals surface area contributed by atoms with Gasteiger partial charge in [0.05, 0.1) is 12.0 Å². The lowest BCUT2D eigenvalue weighted by Crippen LogP contribution is -2.49. The molecule has 29 heavy (non-hydrogen) atoms. The normalized spacial score (nSPS) is 35.3. The number of rotatable bonds is 3. The molecule has 0 aromatic heterocycles. The lowest BCUT2D eigenvalue weighted by Gasteiger charge is -2.37. The van der Waals surface area contributed by atoms with Crippen LogP contribution in [0.15, 0.2) is 24.3 Å². The van der Waals surface area contributed by atoms with Gasteiger partial charge >= 0.3 is 17.9 Å². The van der Waals surface area contributed by atoms with Gasteiger partial charge in [-0.25, -0.2) is 9.59 Å². The standard InChI is InChI=1S/C21H28O8/c1-10(2)19(25)28-16-9-21(6,29-13(5)22)17(24)8-14(23)11(3)7-15-18(16)12(4)20(26)27-15/h11,14-16,18,23H,1,4,7-9H2,2-3,5-6H3. The average Bonchev–Trinajstić information content (AvgIpc) is 2.86. The molecule has 8 nitrogen and oxygen atoms in total. The van der Waals surface area contributed by atoms with Crippen LogP contribution in [0.3, 0.4) is 0 Å². The van der Waals surface area contributed by atoms with Gasteiger partial charge in [0.15, 0.2) is 11.4 Å². The molecule has 2 fully saturated rings. The number of ketones is 1. The molecule has 1 N–H and O–H groups in total. The molecule has 1 heterocycles. The predicted octanol–water partition coefficient (Wildman–Crippen LogP) is 1.64. The third kappa shape index (κ3) is 4.93. The van der Waals surface area contributed by atoms with Gasteiger partial charge in [-0.2, -0.15) is 0 Å². The zero-order valence-corrected chi connectivity index (χ0v) is 17.2. The second kappa shape index (κ2) is 8.49. The first kappa shape index (κ1) is 22.8. The maximum absolute atomic E-state index is 12.9. The molecule has 0 spiro atoms. The SMILES string of the molecule is C=C(C)C(=O)OC1CC(C)(OC(C)=O)C(=O)CC(O)C(C)CC2OC(=O)C(=C)C12. The third-order valence-corrected chi connectivity index (χ3v) is 5.54. The number of carbonyl (C=O) groups is 4. The van der Waals surface area contributed by atoms with Gasteiger partial charge in [-0.3, -0.25) is 9.59 Å². The van der Waals surface area contributed by atoms with E-state index in [2.05, 4.69) is 13.2 Å². The van der Waals surface area contributed by atoms with E-state index in [1.165, 1.54) is 13.8 Å². The van der Waals surface area contributed by atoms with Crippen molar-refractivity contribution >= 4 is 23.7 Å². The van der Waals surface area contributed by atoms with Crippen LogP contribution in [0.25, 0.3) is 0 Å². The highest BCUT2D eigenvalue weighted by atomic mass is 16.6. The van der Waals surface area contributed by atoms with Crippen molar-refractivity contribution in [3.63, 3.8) is 0 Å². The fourth-order valence-corrected chi connectivity index (χ4v) is 3.83. The summed E-state index contributed by atoms with van der Waals surface area (Å²) >= 11 is 0. The topological polar surface area (TPSA) is 116 Å². The summed E-state index contributed by atoms with van der Waals surface area (Å²) in [5, 5.41) is 10.5. The summed E-state index contributed by atoms with van der Waals surface area (Å²) in [6.45, 7) is 13.1. The van der Waals surface area contributed by atoms with Crippen LogP contribution in [0.1, 0.15) is 47.0 Å². The van der Waals surface area contributed by atoms with E-state index in [1.54, 1.807) is 6.92 Å². The summed E-state index contributed by atoms with van der Waals surface area (Å²) in [4.78, 5) is 49.1. The Morgan fingerprint density at radius 1 is 1.28 bits per heavy atom. The summed E-state index contributed by atoms with van der Waals surface area (Å²) in [5.41, 5.74) is -1.42. The summed E-state index contributed by atoms with van der Waals surface area (Å²) < 4.78 is 16.3. The van der Waals surface area contributed by atoms with Crippen LogP contribution >= 0.6 is 0 Å². The predicted molar refractivity (Wildman–Crippen MR) is 101 cm³/mol. The number of ether oxygens (including phenoxy) is 3. The number of hydrogen-bond acceptors (Lipinski definition) is 8. The molecule has 1 aliphatic carbocycles. The molecule has 6 unspecified atom stereocenters.